The Kier molecular flexibility index (Phi) is 12.9. The van der Waals surface area contributed by atoms with Crippen LogP contribution in [0.5, 0.6) is 0 Å². The molecule has 8 aromatic rings. The molecule has 8 rings (SSSR count). The lowest BCUT2D eigenvalue weighted by Gasteiger charge is -2.10. The summed E-state index contributed by atoms with van der Waals surface area (Å²) in [5.74, 6) is 7.70. The number of rotatable bonds is 6. The number of ether oxygens (including phenoxy) is 2. The molecule has 0 aliphatic rings. The van der Waals surface area contributed by atoms with E-state index in [2.05, 4.69) is 64.3 Å². The van der Waals surface area contributed by atoms with E-state index in [9.17, 15) is 19.8 Å². The first-order valence-corrected chi connectivity index (χ1v) is 19.0. The fraction of sp³-hybridized carbons (Fsp3) is 0.182. The Hall–Kier alpha value is -7.44. The van der Waals surface area contributed by atoms with Crippen molar-refractivity contribution in [3.05, 3.63) is 142 Å². The van der Waals surface area contributed by atoms with Crippen molar-refractivity contribution in [2.45, 2.75) is 38.9 Å². The van der Waals surface area contributed by atoms with Crippen molar-refractivity contribution in [3.63, 3.8) is 0 Å². The second-order valence-corrected chi connectivity index (χ2v) is 14.3. The van der Waals surface area contributed by atoms with E-state index in [1.807, 2.05) is 91.0 Å². The van der Waals surface area contributed by atoms with Crippen LogP contribution in [-0.2, 0) is 20.7 Å². The zero-order valence-corrected chi connectivity index (χ0v) is 35.2. The van der Waals surface area contributed by atoms with Crippen LogP contribution in [0.3, 0.4) is 0 Å². The van der Waals surface area contributed by atoms with E-state index in [1.54, 1.807) is 29.3 Å². The average Bonchev–Trinajstić information content (AvgIpc) is 4.09. The standard InChI is InChI=1S/C22H18N4O4.C15H11BrN2O2.C7H8N2O2/c1-14-23-24-21(30-14)22(2,28)12-11-15-7-6-8-16(13-15)26-18-10-5-4-9-17(18)19(25-26)20(27)29-3;1-20-15(19)14-12-7-2-3-8-13(12)18(17-14)11-6-4-5-10(16)9-11;1-4-7(3,10)6-9-8-5(2)11-6/h4-10,13,28H,1-3H3;2-9H,1H3;1,10H,2-3H3/t22-;;7-/m1.1/s1. The molecule has 0 saturated heterocycles. The molecule has 2 N–H and O–H groups in total. The zero-order chi connectivity index (χ0) is 43.9. The van der Waals surface area contributed by atoms with Gasteiger partial charge in [-0.25, -0.2) is 19.0 Å². The van der Waals surface area contributed by atoms with Crippen molar-refractivity contribution >= 4 is 49.7 Å². The molecule has 61 heavy (non-hydrogen) atoms. The van der Waals surface area contributed by atoms with Crippen LogP contribution >= 0.6 is 15.9 Å². The molecule has 17 heteroatoms. The van der Waals surface area contributed by atoms with Crippen LogP contribution in [0.25, 0.3) is 33.2 Å². The van der Waals surface area contributed by atoms with E-state index in [0.717, 1.165) is 26.6 Å². The molecule has 0 amide bonds. The van der Waals surface area contributed by atoms with Gasteiger partial charge in [-0.15, -0.1) is 26.8 Å². The molecule has 0 unspecified atom stereocenters. The highest BCUT2D eigenvalue weighted by Gasteiger charge is 2.28. The van der Waals surface area contributed by atoms with E-state index in [0.29, 0.717) is 34.1 Å². The normalized spacial score (nSPS) is 12.6. The molecule has 0 aliphatic heterocycles. The number of halogens is 1. The molecule has 0 spiro atoms. The van der Waals surface area contributed by atoms with Crippen molar-refractivity contribution in [2.75, 3.05) is 14.2 Å². The first-order valence-electron chi connectivity index (χ1n) is 18.2. The van der Waals surface area contributed by atoms with Gasteiger partial charge < -0.3 is 28.5 Å². The molecular formula is C44H37BrN8O8. The average molecular weight is 886 g/mol. The highest BCUT2D eigenvalue weighted by molar-refractivity contribution is 9.10. The van der Waals surface area contributed by atoms with Crippen LogP contribution < -0.4 is 0 Å². The number of methoxy groups -OCH3 is 2. The Morgan fingerprint density at radius 2 is 1.16 bits per heavy atom. The van der Waals surface area contributed by atoms with E-state index < -0.39 is 23.1 Å². The summed E-state index contributed by atoms with van der Waals surface area (Å²) in [5, 5.41) is 44.9. The molecule has 2 atom stereocenters. The lowest BCUT2D eigenvalue weighted by molar-refractivity contribution is 0.0587. The smallest absolute Gasteiger partial charge is 0.359 e. The number of nitrogens with zero attached hydrogens (tertiary/aromatic N) is 8. The van der Waals surface area contributed by atoms with Gasteiger partial charge in [0.15, 0.2) is 11.4 Å². The third-order valence-electron chi connectivity index (χ3n) is 8.69. The van der Waals surface area contributed by atoms with Crippen molar-refractivity contribution in [2.24, 2.45) is 0 Å². The van der Waals surface area contributed by atoms with Crippen molar-refractivity contribution in [1.82, 2.24) is 40.0 Å². The van der Waals surface area contributed by atoms with Crippen LogP contribution in [-0.4, -0.2) is 76.3 Å². The molecule has 0 aliphatic carbocycles. The SMILES string of the molecule is C#C[C@@](C)(O)c1nnc(C)o1.COC(=O)c1nn(-c2cccc(Br)c2)c2ccccc12.COC(=O)c1nn(-c2cccc(C#C[C@@](C)(O)c3nnc(C)o3)c2)c2ccccc12. The Balaban J connectivity index is 0.000000172. The topological polar surface area (TPSA) is 207 Å². The number of terminal acetylenes is 1. The van der Waals surface area contributed by atoms with Gasteiger partial charge in [0.2, 0.25) is 23.0 Å². The third kappa shape index (κ3) is 9.72. The number of hydrogen-bond donors (Lipinski definition) is 2. The summed E-state index contributed by atoms with van der Waals surface area (Å²) in [4.78, 5) is 24.0. The Morgan fingerprint density at radius 1 is 0.689 bits per heavy atom. The lowest BCUT2D eigenvalue weighted by atomic mass is 10.1. The second kappa shape index (κ2) is 18.2. The maximum atomic E-state index is 12.1. The predicted octanol–water partition coefficient (Wildman–Crippen LogP) is 6.56. The number of carbonyl (C=O) groups is 2. The number of para-hydroxylation sites is 2. The minimum atomic E-state index is -1.59. The number of carbonyl (C=O) groups excluding carboxylic acids is 2. The first-order chi connectivity index (χ1) is 29.1. The molecule has 16 nitrogen and oxygen atoms in total. The fourth-order valence-corrected chi connectivity index (χ4v) is 6.03. The highest BCUT2D eigenvalue weighted by Crippen LogP contribution is 2.26. The number of benzene rings is 4. The number of esters is 2. The molecule has 4 heterocycles. The highest BCUT2D eigenvalue weighted by atomic mass is 79.9. The van der Waals surface area contributed by atoms with Gasteiger partial charge in [-0.2, -0.15) is 10.2 Å². The maximum Gasteiger partial charge on any atom is 0.359 e. The number of aryl methyl sites for hydroxylation is 2. The molecule has 0 bridgehead atoms. The zero-order valence-electron chi connectivity index (χ0n) is 33.6. The van der Waals surface area contributed by atoms with E-state index in [-0.39, 0.29) is 17.5 Å². The third-order valence-corrected chi connectivity index (χ3v) is 9.19. The van der Waals surface area contributed by atoms with E-state index in [1.165, 1.54) is 28.1 Å². The van der Waals surface area contributed by atoms with Crippen LogP contribution in [0.1, 0.15) is 64.0 Å². The molecule has 308 valence electrons. The van der Waals surface area contributed by atoms with Gasteiger partial charge in [0.25, 0.3) is 11.8 Å². The predicted molar refractivity (Wildman–Crippen MR) is 225 cm³/mol. The summed E-state index contributed by atoms with van der Waals surface area (Å²) >= 11 is 3.44. The molecule has 0 saturated carbocycles. The van der Waals surface area contributed by atoms with Gasteiger partial charge in [-0.05, 0) is 62.4 Å². The van der Waals surface area contributed by atoms with Crippen molar-refractivity contribution in [1.29, 1.82) is 0 Å². The summed E-state index contributed by atoms with van der Waals surface area (Å²) in [6.07, 6.45) is 5.02. The Morgan fingerprint density at radius 3 is 1.62 bits per heavy atom. The molecular weight excluding hydrogens is 848 g/mol. The van der Waals surface area contributed by atoms with E-state index >= 15 is 0 Å². The number of fused-ring (bicyclic) bond motifs is 2. The second-order valence-electron chi connectivity index (χ2n) is 13.4. The van der Waals surface area contributed by atoms with Crippen molar-refractivity contribution in [3.8, 4) is 35.6 Å². The molecule has 4 aromatic heterocycles. The summed E-state index contributed by atoms with van der Waals surface area (Å²) in [7, 11) is 2.68. The molecule has 0 radical (unpaired) electrons. The van der Waals surface area contributed by atoms with Crippen LogP contribution in [0.2, 0.25) is 0 Å². The summed E-state index contributed by atoms with van der Waals surface area (Å²) in [5.41, 5.74) is 1.37. The number of hydrogen-bond acceptors (Lipinski definition) is 14. The lowest BCUT2D eigenvalue weighted by Crippen LogP contribution is -2.19. The summed E-state index contributed by atoms with van der Waals surface area (Å²) < 4.78 is 24.2. The fourth-order valence-electron chi connectivity index (χ4n) is 5.64. The minimum Gasteiger partial charge on any atom is -0.464 e. The number of aromatic nitrogens is 8. The Labute approximate surface area is 357 Å². The van der Waals surface area contributed by atoms with E-state index in [4.69, 9.17) is 24.7 Å². The van der Waals surface area contributed by atoms with Gasteiger partial charge in [0, 0.05) is 34.7 Å². The largest absolute Gasteiger partial charge is 0.464 e. The number of aliphatic hydroxyl groups is 2. The summed E-state index contributed by atoms with van der Waals surface area (Å²) in [6.45, 7) is 6.17. The molecule has 0 fully saturated rings. The van der Waals surface area contributed by atoms with Gasteiger partial charge in [-0.1, -0.05) is 82.2 Å². The minimum absolute atomic E-state index is 0.0319. The van der Waals surface area contributed by atoms with Gasteiger partial charge in [0.1, 0.15) is 0 Å². The van der Waals surface area contributed by atoms with Gasteiger partial charge in [-0.3, -0.25) is 0 Å². The van der Waals surface area contributed by atoms with Gasteiger partial charge in [0.05, 0.1) is 36.6 Å². The van der Waals surface area contributed by atoms with Gasteiger partial charge >= 0.3 is 11.9 Å². The summed E-state index contributed by atoms with van der Waals surface area (Å²) in [6, 6.07) is 30.0. The monoisotopic (exact) mass is 884 g/mol. The maximum absolute atomic E-state index is 12.1. The quantitative estimate of drug-likeness (QED) is 0.134. The van der Waals surface area contributed by atoms with Crippen LogP contribution in [0, 0.1) is 38.0 Å². The van der Waals surface area contributed by atoms with Crippen LogP contribution in [0.15, 0.2) is 110 Å². The molecule has 4 aromatic carbocycles. The van der Waals surface area contributed by atoms with Crippen LogP contribution in [0.4, 0.5) is 0 Å². The Bertz CT molecular complexity index is 2980. The van der Waals surface area contributed by atoms with Crippen molar-refractivity contribution < 1.29 is 38.1 Å². The first kappa shape index (κ1) is 43.1.